The highest BCUT2D eigenvalue weighted by Crippen LogP contribution is 2.32. The van der Waals surface area contributed by atoms with Crippen LogP contribution in [0.25, 0.3) is 11.3 Å². The van der Waals surface area contributed by atoms with Crippen LogP contribution in [0.2, 0.25) is 0 Å². The van der Waals surface area contributed by atoms with Crippen LogP contribution in [0.1, 0.15) is 29.1 Å². The van der Waals surface area contributed by atoms with Gasteiger partial charge in [0.1, 0.15) is 29.7 Å². The van der Waals surface area contributed by atoms with Gasteiger partial charge in [-0.2, -0.15) is 0 Å². The molecule has 0 saturated carbocycles. The Bertz CT molecular complexity index is 1020. The molecule has 1 aromatic heterocycles. The Morgan fingerprint density at radius 2 is 1.37 bits per heavy atom. The van der Waals surface area contributed by atoms with Gasteiger partial charge in [0.05, 0.1) is 11.7 Å². The summed E-state index contributed by atoms with van der Waals surface area (Å²) < 4.78 is 12.1. The molecule has 152 valence electrons. The van der Waals surface area contributed by atoms with Crippen LogP contribution in [0.5, 0.6) is 11.5 Å². The zero-order chi connectivity index (χ0) is 20.8. The lowest BCUT2D eigenvalue weighted by Gasteiger charge is -2.12. The fourth-order valence-electron chi connectivity index (χ4n) is 3.00. The predicted molar refractivity (Wildman–Crippen MR) is 122 cm³/mol. The third-order valence-electron chi connectivity index (χ3n) is 4.58. The molecule has 2 N–H and O–H groups in total. The zero-order valence-corrected chi connectivity index (χ0v) is 17.6. The summed E-state index contributed by atoms with van der Waals surface area (Å²) in [5.74, 6) is 1.49. The summed E-state index contributed by atoms with van der Waals surface area (Å²) >= 11 is 1.57. The highest BCUT2D eigenvalue weighted by molar-refractivity contribution is 7.10. The van der Waals surface area contributed by atoms with Crippen molar-refractivity contribution in [3.05, 3.63) is 100 Å². The summed E-state index contributed by atoms with van der Waals surface area (Å²) in [5.41, 5.74) is 10.0. The topological polar surface area (TPSA) is 57.4 Å². The lowest BCUT2D eigenvalue weighted by atomic mass is 10.1. The largest absolute Gasteiger partial charge is 0.489 e. The van der Waals surface area contributed by atoms with Crippen LogP contribution in [-0.4, -0.2) is 4.98 Å². The monoisotopic (exact) mass is 416 g/mol. The molecule has 0 aliphatic rings. The van der Waals surface area contributed by atoms with Gasteiger partial charge in [-0.3, -0.25) is 0 Å². The number of hydrogen-bond donors (Lipinski definition) is 1. The number of nitrogens with zero attached hydrogens (tertiary/aromatic N) is 1. The Labute approximate surface area is 180 Å². The highest BCUT2D eigenvalue weighted by Gasteiger charge is 2.11. The average Bonchev–Trinajstić information content (AvgIpc) is 3.29. The van der Waals surface area contributed by atoms with Crippen LogP contribution in [-0.2, 0) is 13.2 Å². The van der Waals surface area contributed by atoms with Crippen LogP contribution in [0.4, 0.5) is 0 Å². The van der Waals surface area contributed by atoms with Crippen molar-refractivity contribution in [3.63, 3.8) is 0 Å². The van der Waals surface area contributed by atoms with Gasteiger partial charge in [-0.1, -0.05) is 60.7 Å². The molecule has 3 aromatic carbocycles. The molecule has 0 fully saturated rings. The second kappa shape index (κ2) is 9.57. The van der Waals surface area contributed by atoms with E-state index in [1.54, 1.807) is 11.3 Å². The van der Waals surface area contributed by atoms with Crippen LogP contribution in [0.15, 0.2) is 84.2 Å². The number of aromatic nitrogens is 1. The Morgan fingerprint density at radius 3 is 1.83 bits per heavy atom. The van der Waals surface area contributed by atoms with E-state index in [4.69, 9.17) is 15.2 Å². The lowest BCUT2D eigenvalue weighted by Crippen LogP contribution is -2.04. The van der Waals surface area contributed by atoms with E-state index in [0.29, 0.717) is 13.2 Å². The van der Waals surface area contributed by atoms with Crippen LogP contribution < -0.4 is 15.2 Å². The molecule has 1 heterocycles. The van der Waals surface area contributed by atoms with E-state index in [1.165, 1.54) is 0 Å². The number of rotatable bonds is 8. The number of thiazole rings is 1. The standard InChI is InChI=1S/C25H24N2O2S/c1-18(26)25-27-24(17-30-25)21-12-22(28-15-19-8-4-2-5-9-19)14-23(13-21)29-16-20-10-6-3-7-11-20/h2-14,17-18H,15-16,26H2,1H3. The van der Waals surface area contributed by atoms with Crippen molar-refractivity contribution in [1.29, 1.82) is 0 Å². The molecule has 0 aliphatic heterocycles. The van der Waals surface area contributed by atoms with Gasteiger partial charge in [-0.25, -0.2) is 4.98 Å². The van der Waals surface area contributed by atoms with Gasteiger partial charge >= 0.3 is 0 Å². The Hall–Kier alpha value is -3.15. The molecular weight excluding hydrogens is 392 g/mol. The smallest absolute Gasteiger partial charge is 0.124 e. The third kappa shape index (κ3) is 5.26. The Balaban J connectivity index is 1.58. The van der Waals surface area contributed by atoms with Crippen LogP contribution in [0, 0.1) is 0 Å². The maximum atomic E-state index is 6.07. The first-order chi connectivity index (χ1) is 14.7. The molecule has 0 radical (unpaired) electrons. The van der Waals surface area contributed by atoms with Crippen molar-refractivity contribution in [3.8, 4) is 22.8 Å². The molecule has 0 aliphatic carbocycles. The van der Waals surface area contributed by atoms with Gasteiger partial charge in [-0.15, -0.1) is 11.3 Å². The molecule has 4 nitrogen and oxygen atoms in total. The molecule has 0 bridgehead atoms. The first kappa shape index (κ1) is 20.1. The van der Waals surface area contributed by atoms with Crippen molar-refractivity contribution in [2.45, 2.75) is 26.2 Å². The minimum Gasteiger partial charge on any atom is -0.489 e. The van der Waals surface area contributed by atoms with Gasteiger partial charge in [-0.05, 0) is 30.2 Å². The molecule has 30 heavy (non-hydrogen) atoms. The van der Waals surface area contributed by atoms with E-state index in [1.807, 2.05) is 91.2 Å². The molecule has 0 spiro atoms. The van der Waals surface area contributed by atoms with Crippen LogP contribution >= 0.6 is 11.3 Å². The number of ether oxygens (including phenoxy) is 2. The fourth-order valence-corrected chi connectivity index (χ4v) is 3.78. The predicted octanol–water partition coefficient (Wildman–Crippen LogP) is 5.99. The first-order valence-electron chi connectivity index (χ1n) is 9.87. The molecule has 4 rings (SSSR count). The maximum Gasteiger partial charge on any atom is 0.124 e. The summed E-state index contributed by atoms with van der Waals surface area (Å²) in [6.07, 6.45) is 0. The Kier molecular flexibility index (Phi) is 6.42. The van der Waals surface area contributed by atoms with Crippen molar-refractivity contribution in [2.24, 2.45) is 5.73 Å². The molecule has 4 aromatic rings. The Morgan fingerprint density at radius 1 is 0.833 bits per heavy atom. The molecule has 1 atom stereocenters. The summed E-state index contributed by atoms with van der Waals surface area (Å²) in [4.78, 5) is 4.68. The lowest BCUT2D eigenvalue weighted by molar-refractivity contribution is 0.290. The van der Waals surface area contributed by atoms with E-state index in [0.717, 1.165) is 38.9 Å². The van der Waals surface area contributed by atoms with Gasteiger partial charge in [0.2, 0.25) is 0 Å². The molecular formula is C25H24N2O2S. The SMILES string of the molecule is CC(N)c1nc(-c2cc(OCc3ccccc3)cc(OCc3ccccc3)c2)cs1. The van der Waals surface area contributed by atoms with E-state index < -0.39 is 0 Å². The van der Waals surface area contributed by atoms with Crippen molar-refractivity contribution in [1.82, 2.24) is 4.98 Å². The molecule has 5 heteroatoms. The quantitative estimate of drug-likeness (QED) is 0.383. The summed E-state index contributed by atoms with van der Waals surface area (Å²) in [5, 5.41) is 2.93. The minimum atomic E-state index is -0.0879. The fraction of sp³-hybridized carbons (Fsp3) is 0.160. The van der Waals surface area contributed by atoms with Crippen molar-refractivity contribution < 1.29 is 9.47 Å². The molecule has 0 saturated heterocycles. The highest BCUT2D eigenvalue weighted by atomic mass is 32.1. The van der Waals surface area contributed by atoms with E-state index in [2.05, 4.69) is 4.98 Å². The first-order valence-corrected chi connectivity index (χ1v) is 10.8. The van der Waals surface area contributed by atoms with Crippen molar-refractivity contribution >= 4 is 11.3 Å². The van der Waals surface area contributed by atoms with Gasteiger partial charge < -0.3 is 15.2 Å². The average molecular weight is 417 g/mol. The van der Waals surface area contributed by atoms with Gasteiger partial charge in [0.15, 0.2) is 0 Å². The third-order valence-corrected chi connectivity index (χ3v) is 5.63. The maximum absolute atomic E-state index is 6.07. The van der Waals surface area contributed by atoms with Crippen molar-refractivity contribution in [2.75, 3.05) is 0 Å². The second-order valence-corrected chi connectivity index (χ2v) is 7.99. The summed E-state index contributed by atoms with van der Waals surface area (Å²) in [6, 6.07) is 26.1. The number of benzene rings is 3. The van der Waals surface area contributed by atoms with E-state index in [-0.39, 0.29) is 6.04 Å². The summed E-state index contributed by atoms with van der Waals surface area (Å²) in [7, 11) is 0. The summed E-state index contributed by atoms with van der Waals surface area (Å²) in [6.45, 7) is 2.92. The van der Waals surface area contributed by atoms with Gasteiger partial charge in [0, 0.05) is 17.0 Å². The van der Waals surface area contributed by atoms with E-state index >= 15 is 0 Å². The normalized spacial score (nSPS) is 11.8. The number of hydrogen-bond acceptors (Lipinski definition) is 5. The molecule has 0 amide bonds. The van der Waals surface area contributed by atoms with Gasteiger partial charge in [0.25, 0.3) is 0 Å². The van der Waals surface area contributed by atoms with E-state index in [9.17, 15) is 0 Å². The second-order valence-electron chi connectivity index (χ2n) is 7.10. The minimum absolute atomic E-state index is 0.0879. The zero-order valence-electron chi connectivity index (χ0n) is 16.8. The van der Waals surface area contributed by atoms with Crippen LogP contribution in [0.3, 0.4) is 0 Å². The molecule has 1 unspecified atom stereocenters. The number of nitrogens with two attached hydrogens (primary N) is 1.